The smallest absolute Gasteiger partial charge is 0.336 e. The lowest BCUT2D eigenvalue weighted by atomic mass is 9.99. The van der Waals surface area contributed by atoms with Gasteiger partial charge in [0, 0.05) is 29.5 Å². The van der Waals surface area contributed by atoms with Gasteiger partial charge < -0.3 is 19.5 Å². The number of benzene rings is 4. The monoisotopic (exact) mass is 681 g/mol. The fourth-order valence-electron chi connectivity index (χ4n) is 6.30. The molecule has 2 aliphatic rings. The molecule has 0 spiro atoms. The third kappa shape index (κ3) is 7.37. The molecule has 48 heavy (non-hydrogen) atoms. The van der Waals surface area contributed by atoms with Crippen molar-refractivity contribution < 1.29 is 23.8 Å². The lowest BCUT2D eigenvalue weighted by Crippen LogP contribution is -2.42. The van der Waals surface area contributed by atoms with E-state index in [1.54, 1.807) is 0 Å². The van der Waals surface area contributed by atoms with Crippen molar-refractivity contribution in [3.8, 4) is 0 Å². The number of hydrogen-bond donors (Lipinski definition) is 1. The first-order valence-corrected chi connectivity index (χ1v) is 19.4. The summed E-state index contributed by atoms with van der Waals surface area (Å²) >= 11 is 0. The number of hydrogen-bond acceptors (Lipinski definition) is 6. The van der Waals surface area contributed by atoms with Gasteiger partial charge in [-0.3, -0.25) is 4.79 Å². The highest BCUT2D eigenvalue weighted by atomic mass is 31.2. The van der Waals surface area contributed by atoms with E-state index in [9.17, 15) is 9.59 Å². The minimum absolute atomic E-state index is 0.431. The van der Waals surface area contributed by atoms with Crippen molar-refractivity contribution in [2.45, 2.75) is 39.2 Å². The summed E-state index contributed by atoms with van der Waals surface area (Å²) in [6.45, 7) is 5.20. The van der Waals surface area contributed by atoms with E-state index >= 15 is 0 Å². The fourth-order valence-corrected chi connectivity index (χ4v) is 15.7. The molecule has 250 valence electrons. The van der Waals surface area contributed by atoms with E-state index in [1.807, 2.05) is 72.8 Å². The summed E-state index contributed by atoms with van der Waals surface area (Å²) < 4.78 is 16.0. The van der Waals surface area contributed by atoms with E-state index in [-0.39, 0.29) is 0 Å². The normalized spacial score (nSPS) is 17.0. The van der Waals surface area contributed by atoms with Gasteiger partial charge in [0.25, 0.3) is 0 Å². The Hall–Kier alpha value is -3.95. The number of carbonyl (C=O) groups excluding carboxylic acids is 2. The number of ether oxygens (including phenoxy) is 3. The van der Waals surface area contributed by atoms with Gasteiger partial charge in [-0.25, -0.2) is 4.79 Å². The third-order valence-electron chi connectivity index (χ3n) is 8.18. The van der Waals surface area contributed by atoms with Gasteiger partial charge in [0.05, 0.1) is 19.5 Å². The van der Waals surface area contributed by atoms with Gasteiger partial charge in [-0.1, -0.05) is 121 Å². The van der Waals surface area contributed by atoms with Crippen LogP contribution in [0.3, 0.4) is 0 Å². The van der Waals surface area contributed by atoms with Crippen molar-refractivity contribution >= 4 is 53.3 Å². The van der Waals surface area contributed by atoms with Crippen molar-refractivity contribution in [3.05, 3.63) is 132 Å². The molecule has 8 heteroatoms. The Morgan fingerprint density at radius 3 is 1.50 bits per heavy atom. The largest absolute Gasteiger partial charge is 0.468 e. The number of nitrogens with one attached hydrogen (secondary N) is 1. The molecule has 0 aromatic heterocycles. The SMILES string of the molecule is C1CCOC1.COC(=O)C1=P(c2ccccc2)(c2ccccc2)C(P(c2ccccc2)c2ccccc2)=C(NC(C)(C)C)[C@@H]1C(=O)OC. The molecule has 2 aliphatic heterocycles. The predicted molar refractivity (Wildman–Crippen MR) is 201 cm³/mol. The lowest BCUT2D eigenvalue weighted by molar-refractivity contribution is -0.143. The van der Waals surface area contributed by atoms with Crippen LogP contribution in [0.25, 0.3) is 0 Å². The van der Waals surface area contributed by atoms with Crippen molar-refractivity contribution in [1.29, 1.82) is 0 Å². The molecule has 0 amide bonds. The lowest BCUT2D eigenvalue weighted by Gasteiger charge is -2.36. The average Bonchev–Trinajstić information content (AvgIpc) is 3.79. The molecule has 2 heterocycles. The van der Waals surface area contributed by atoms with E-state index in [2.05, 4.69) is 74.6 Å². The van der Waals surface area contributed by atoms with Crippen LogP contribution in [0.4, 0.5) is 0 Å². The van der Waals surface area contributed by atoms with Crippen LogP contribution in [0.15, 0.2) is 132 Å². The van der Waals surface area contributed by atoms with Crippen LogP contribution < -0.4 is 26.5 Å². The molecular formula is C40H45NO5P2. The summed E-state index contributed by atoms with van der Waals surface area (Å²) in [6, 6.07) is 41.1. The van der Waals surface area contributed by atoms with E-state index < -0.39 is 38.2 Å². The zero-order valence-corrected chi connectivity index (χ0v) is 30.2. The van der Waals surface area contributed by atoms with Crippen LogP contribution in [0.1, 0.15) is 33.6 Å². The highest BCUT2D eigenvalue weighted by molar-refractivity contribution is 8.05. The van der Waals surface area contributed by atoms with Gasteiger partial charge in [-0.2, -0.15) is 0 Å². The second-order valence-corrected chi connectivity index (χ2v) is 18.4. The van der Waals surface area contributed by atoms with E-state index in [1.165, 1.54) is 27.1 Å². The Kier molecular flexibility index (Phi) is 11.8. The van der Waals surface area contributed by atoms with Crippen molar-refractivity contribution in [2.75, 3.05) is 27.4 Å². The minimum Gasteiger partial charge on any atom is -0.468 e. The number of rotatable bonds is 8. The van der Waals surface area contributed by atoms with Crippen LogP contribution in [-0.4, -0.2) is 50.2 Å². The minimum atomic E-state index is -3.01. The molecule has 1 N–H and O–H groups in total. The number of methoxy groups -OCH3 is 2. The average molecular weight is 682 g/mol. The Balaban J connectivity index is 0.000000825. The summed E-state index contributed by atoms with van der Waals surface area (Å²) in [5, 5.41) is 9.45. The molecule has 0 saturated carbocycles. The van der Waals surface area contributed by atoms with E-state index in [0.717, 1.165) is 45.2 Å². The van der Waals surface area contributed by atoms with Gasteiger partial charge >= 0.3 is 11.9 Å². The highest BCUT2D eigenvalue weighted by Gasteiger charge is 2.53. The number of esters is 2. The van der Waals surface area contributed by atoms with Gasteiger partial charge in [0.2, 0.25) is 0 Å². The third-order valence-corrected chi connectivity index (χ3v) is 16.2. The summed E-state index contributed by atoms with van der Waals surface area (Å²) in [6.07, 6.45) is 2.56. The molecule has 0 bridgehead atoms. The maximum absolute atomic E-state index is 14.3. The summed E-state index contributed by atoms with van der Waals surface area (Å²) in [5.41, 5.74) is 0.287. The summed E-state index contributed by atoms with van der Waals surface area (Å²) in [5.74, 6) is -1.97. The zero-order chi connectivity index (χ0) is 34.1. The van der Waals surface area contributed by atoms with Crippen LogP contribution in [0.2, 0.25) is 0 Å². The second kappa shape index (κ2) is 16.0. The summed E-state index contributed by atoms with van der Waals surface area (Å²) in [7, 11) is 1.51. The van der Waals surface area contributed by atoms with Crippen LogP contribution >= 0.6 is 14.8 Å². The van der Waals surface area contributed by atoms with Gasteiger partial charge in [-0.15, -0.1) is 0 Å². The Morgan fingerprint density at radius 1 is 0.708 bits per heavy atom. The van der Waals surface area contributed by atoms with Gasteiger partial charge in [0.1, 0.15) is 5.92 Å². The topological polar surface area (TPSA) is 73.9 Å². The van der Waals surface area contributed by atoms with Crippen molar-refractivity contribution in [2.24, 2.45) is 5.92 Å². The molecule has 0 unspecified atom stereocenters. The van der Waals surface area contributed by atoms with E-state index in [0.29, 0.717) is 5.29 Å². The van der Waals surface area contributed by atoms with E-state index in [4.69, 9.17) is 14.2 Å². The molecule has 4 aromatic rings. The fraction of sp³-hybridized carbons (Fsp3) is 0.275. The first-order valence-electron chi connectivity index (χ1n) is 16.3. The quantitative estimate of drug-likeness (QED) is 0.174. The maximum Gasteiger partial charge on any atom is 0.336 e. The summed E-state index contributed by atoms with van der Waals surface area (Å²) in [4.78, 5) is 28.3. The first kappa shape index (κ1) is 35.4. The second-order valence-electron chi connectivity index (χ2n) is 12.6. The van der Waals surface area contributed by atoms with Crippen LogP contribution in [0.5, 0.6) is 0 Å². The predicted octanol–water partition coefficient (Wildman–Crippen LogP) is 6.29. The standard InChI is InChI=1S/C36H37NO4P2.C4H8O/c1-36(2,3)37-31-30(33(38)40-4)32(34(39)41-5)43(28-22-14-8-15-23-28,29-24-16-9-17-25-29)35(31)42(26-18-10-6-11-19-26)27-20-12-7-13-21-27;1-2-4-5-3-1/h6-25,30,37H,1-5H3;1-4H2/t30-;/m0./s1. The molecule has 0 aliphatic carbocycles. The zero-order valence-electron chi connectivity index (χ0n) is 28.4. The molecule has 1 atom stereocenters. The van der Waals surface area contributed by atoms with Gasteiger partial charge in [0.15, 0.2) is 0 Å². The van der Waals surface area contributed by atoms with Gasteiger partial charge in [-0.05, 0) is 69.6 Å². The number of carbonyl (C=O) groups is 2. The van der Waals surface area contributed by atoms with Crippen LogP contribution in [-0.2, 0) is 23.8 Å². The Labute approximate surface area is 286 Å². The molecular weight excluding hydrogens is 636 g/mol. The van der Waals surface area contributed by atoms with Crippen LogP contribution in [0, 0.1) is 5.92 Å². The van der Waals surface area contributed by atoms with Crippen molar-refractivity contribution in [1.82, 2.24) is 5.32 Å². The molecule has 6 rings (SSSR count). The molecule has 4 aromatic carbocycles. The first-order chi connectivity index (χ1) is 23.2. The molecule has 6 nitrogen and oxygen atoms in total. The molecule has 1 fully saturated rings. The highest BCUT2D eigenvalue weighted by Crippen LogP contribution is 2.72. The molecule has 1 saturated heterocycles. The maximum atomic E-state index is 14.3. The Morgan fingerprint density at radius 2 is 1.15 bits per heavy atom. The van der Waals surface area contributed by atoms with Crippen molar-refractivity contribution in [3.63, 3.8) is 0 Å². The Bertz CT molecular complexity index is 1670. The molecule has 0 radical (unpaired) electrons.